The van der Waals surface area contributed by atoms with E-state index in [0.717, 1.165) is 4.47 Å². The largest absolute Gasteiger partial charge is 0.485 e. The average Bonchev–Trinajstić information content (AvgIpc) is 2.55. The van der Waals surface area contributed by atoms with Crippen LogP contribution in [0.2, 0.25) is 0 Å². The number of rotatable bonds is 3. The van der Waals surface area contributed by atoms with Crippen LogP contribution in [-0.4, -0.2) is 16.2 Å². The molecule has 17 heavy (non-hydrogen) atoms. The Morgan fingerprint density at radius 1 is 1.59 bits per heavy atom. The predicted octanol–water partition coefficient (Wildman–Crippen LogP) is 2.72. The first kappa shape index (κ1) is 12.3. The van der Waals surface area contributed by atoms with Gasteiger partial charge >= 0.3 is 5.76 Å². The van der Waals surface area contributed by atoms with Crippen molar-refractivity contribution in [3.8, 4) is 0 Å². The van der Waals surface area contributed by atoms with Gasteiger partial charge in [-0.2, -0.15) is 0 Å². The molecule has 2 aromatic rings. The van der Waals surface area contributed by atoms with Crippen molar-refractivity contribution in [2.24, 2.45) is 0 Å². The third kappa shape index (κ3) is 2.58. The quantitative estimate of drug-likeness (QED) is 0.817. The molecule has 0 N–H and O–H groups in total. The van der Waals surface area contributed by atoms with E-state index in [9.17, 15) is 4.79 Å². The summed E-state index contributed by atoms with van der Waals surface area (Å²) >= 11 is 8.34. The van der Waals surface area contributed by atoms with Crippen molar-refractivity contribution in [1.29, 1.82) is 0 Å². The lowest BCUT2D eigenvalue weighted by atomic mass is 10.3. The second-order valence-electron chi connectivity index (χ2n) is 3.37. The molecule has 0 amide bonds. The van der Waals surface area contributed by atoms with Crippen LogP contribution in [0.1, 0.15) is 6.92 Å². The maximum absolute atomic E-state index is 11.7. The standard InChI is InChI=1S/C11H10BrNO3S/c1-2-15-10(17)6-13-8-4-3-7(12)5-9(8)16-11(13)14/h3-5H,2,6H2,1H3. The van der Waals surface area contributed by atoms with Gasteiger partial charge in [0.15, 0.2) is 10.6 Å². The third-order valence-corrected chi connectivity index (χ3v) is 2.96. The van der Waals surface area contributed by atoms with Crippen molar-refractivity contribution in [2.75, 3.05) is 6.61 Å². The van der Waals surface area contributed by atoms with Gasteiger partial charge < -0.3 is 9.15 Å². The zero-order valence-electron chi connectivity index (χ0n) is 9.10. The van der Waals surface area contributed by atoms with E-state index >= 15 is 0 Å². The minimum Gasteiger partial charge on any atom is -0.485 e. The van der Waals surface area contributed by atoms with Crippen molar-refractivity contribution in [3.05, 3.63) is 33.2 Å². The molecule has 0 aliphatic heterocycles. The number of hydrogen-bond acceptors (Lipinski definition) is 4. The highest BCUT2D eigenvalue weighted by Crippen LogP contribution is 2.18. The molecule has 0 fully saturated rings. The van der Waals surface area contributed by atoms with Crippen LogP contribution in [0.5, 0.6) is 0 Å². The Balaban J connectivity index is 2.43. The van der Waals surface area contributed by atoms with Crippen LogP contribution in [0, 0.1) is 0 Å². The SMILES string of the molecule is CCOC(=S)Cn1c(=O)oc2cc(Br)ccc21. The summed E-state index contributed by atoms with van der Waals surface area (Å²) in [5, 5.41) is 0.375. The first-order valence-electron chi connectivity index (χ1n) is 5.06. The fraction of sp³-hybridized carbons (Fsp3) is 0.273. The monoisotopic (exact) mass is 315 g/mol. The Kier molecular flexibility index (Phi) is 3.63. The number of fused-ring (bicyclic) bond motifs is 1. The fourth-order valence-corrected chi connectivity index (χ4v) is 2.11. The molecule has 0 radical (unpaired) electrons. The maximum Gasteiger partial charge on any atom is 0.420 e. The van der Waals surface area contributed by atoms with E-state index < -0.39 is 5.76 Å². The van der Waals surface area contributed by atoms with Crippen molar-refractivity contribution < 1.29 is 9.15 Å². The number of nitrogens with zero attached hydrogens (tertiary/aromatic N) is 1. The maximum atomic E-state index is 11.7. The molecule has 2 rings (SSSR count). The normalized spacial score (nSPS) is 10.7. The zero-order chi connectivity index (χ0) is 12.4. The summed E-state index contributed by atoms with van der Waals surface area (Å²) in [5.41, 5.74) is 1.24. The number of oxazole rings is 1. The summed E-state index contributed by atoms with van der Waals surface area (Å²) in [6, 6.07) is 5.40. The zero-order valence-corrected chi connectivity index (χ0v) is 11.5. The van der Waals surface area contributed by atoms with Crippen molar-refractivity contribution >= 4 is 44.3 Å². The van der Waals surface area contributed by atoms with Crippen LogP contribution in [0.25, 0.3) is 11.1 Å². The van der Waals surface area contributed by atoms with E-state index in [0.29, 0.717) is 22.8 Å². The van der Waals surface area contributed by atoms with Gasteiger partial charge in [0.05, 0.1) is 18.7 Å². The highest BCUT2D eigenvalue weighted by Gasteiger charge is 2.11. The van der Waals surface area contributed by atoms with Gasteiger partial charge in [0.2, 0.25) is 0 Å². The summed E-state index contributed by atoms with van der Waals surface area (Å²) < 4.78 is 12.6. The van der Waals surface area contributed by atoms with Crippen LogP contribution >= 0.6 is 28.1 Å². The van der Waals surface area contributed by atoms with E-state index in [1.54, 1.807) is 12.1 Å². The van der Waals surface area contributed by atoms with Gasteiger partial charge in [-0.1, -0.05) is 15.9 Å². The Morgan fingerprint density at radius 2 is 2.35 bits per heavy atom. The lowest BCUT2D eigenvalue weighted by Gasteiger charge is -2.04. The second kappa shape index (κ2) is 5.01. The summed E-state index contributed by atoms with van der Waals surface area (Å²) in [6.07, 6.45) is 0. The molecule has 1 heterocycles. The van der Waals surface area contributed by atoms with E-state index in [-0.39, 0.29) is 6.54 Å². The molecular weight excluding hydrogens is 306 g/mol. The molecule has 1 aromatic heterocycles. The van der Waals surface area contributed by atoms with E-state index in [1.807, 2.05) is 13.0 Å². The van der Waals surface area contributed by atoms with Gasteiger partial charge in [-0.05, 0) is 37.3 Å². The van der Waals surface area contributed by atoms with E-state index in [4.69, 9.17) is 21.4 Å². The van der Waals surface area contributed by atoms with Gasteiger partial charge in [-0.25, -0.2) is 4.79 Å². The molecule has 6 heteroatoms. The molecule has 0 unspecified atom stereocenters. The minimum absolute atomic E-state index is 0.233. The van der Waals surface area contributed by atoms with Gasteiger partial charge in [0.25, 0.3) is 0 Å². The molecule has 0 bridgehead atoms. The topological polar surface area (TPSA) is 44.4 Å². The van der Waals surface area contributed by atoms with Crippen LogP contribution in [0.15, 0.2) is 31.9 Å². The predicted molar refractivity (Wildman–Crippen MR) is 72.4 cm³/mol. The van der Waals surface area contributed by atoms with Crippen LogP contribution in [0.3, 0.4) is 0 Å². The highest BCUT2D eigenvalue weighted by atomic mass is 79.9. The molecule has 0 spiro atoms. The summed E-state index contributed by atoms with van der Waals surface area (Å²) in [6.45, 7) is 2.57. The van der Waals surface area contributed by atoms with Crippen molar-refractivity contribution in [1.82, 2.24) is 4.57 Å². The summed E-state index contributed by atoms with van der Waals surface area (Å²) in [7, 11) is 0. The number of ether oxygens (including phenoxy) is 1. The van der Waals surface area contributed by atoms with Crippen LogP contribution < -0.4 is 5.76 Å². The lowest BCUT2D eigenvalue weighted by molar-refractivity contribution is 0.322. The Hall–Kier alpha value is -1.14. The Labute approximate surface area is 111 Å². The van der Waals surface area contributed by atoms with Gasteiger partial charge in [-0.15, -0.1) is 0 Å². The molecule has 0 saturated heterocycles. The second-order valence-corrected chi connectivity index (χ2v) is 4.74. The van der Waals surface area contributed by atoms with Gasteiger partial charge in [-0.3, -0.25) is 4.57 Å². The Morgan fingerprint density at radius 3 is 3.06 bits per heavy atom. The van der Waals surface area contributed by atoms with E-state index in [1.165, 1.54) is 4.57 Å². The van der Waals surface area contributed by atoms with Crippen LogP contribution in [0.4, 0.5) is 0 Å². The molecule has 0 atom stereocenters. The number of thiocarbonyl (C=S) groups is 1. The fourth-order valence-electron chi connectivity index (χ4n) is 1.53. The highest BCUT2D eigenvalue weighted by molar-refractivity contribution is 9.10. The molecule has 4 nitrogen and oxygen atoms in total. The number of hydrogen-bond donors (Lipinski definition) is 0. The van der Waals surface area contributed by atoms with E-state index in [2.05, 4.69) is 15.9 Å². The van der Waals surface area contributed by atoms with Gasteiger partial charge in [0.1, 0.15) is 0 Å². The van der Waals surface area contributed by atoms with Gasteiger partial charge in [0, 0.05) is 4.47 Å². The summed E-state index contributed by atoms with van der Waals surface area (Å²) in [5.74, 6) is -0.430. The molecule has 0 aliphatic carbocycles. The lowest BCUT2D eigenvalue weighted by Crippen LogP contribution is -2.20. The number of aromatic nitrogens is 1. The Bertz CT molecular complexity index is 617. The number of benzene rings is 1. The first-order valence-corrected chi connectivity index (χ1v) is 6.26. The summed E-state index contributed by atoms with van der Waals surface area (Å²) in [4.78, 5) is 11.7. The smallest absolute Gasteiger partial charge is 0.420 e. The molecule has 0 saturated carbocycles. The minimum atomic E-state index is -0.430. The van der Waals surface area contributed by atoms with Crippen molar-refractivity contribution in [2.45, 2.75) is 13.5 Å². The molecule has 1 aromatic carbocycles. The average molecular weight is 316 g/mol. The third-order valence-electron chi connectivity index (χ3n) is 2.22. The molecule has 0 aliphatic rings. The molecule has 90 valence electrons. The number of halogens is 1. The first-order chi connectivity index (χ1) is 8.11. The molecular formula is C11H10BrNO3S. The van der Waals surface area contributed by atoms with Crippen molar-refractivity contribution in [3.63, 3.8) is 0 Å². The van der Waals surface area contributed by atoms with Crippen LogP contribution in [-0.2, 0) is 11.3 Å².